The number of hydrogen-bond acceptors (Lipinski definition) is 8. The van der Waals surface area contributed by atoms with Crippen LogP contribution in [0.2, 0.25) is 0 Å². The molecule has 3 N–H and O–H groups in total. The fourth-order valence-corrected chi connectivity index (χ4v) is 2.62. The molecule has 11 nitrogen and oxygen atoms in total. The number of ether oxygens (including phenoxy) is 1. The molecule has 0 saturated carbocycles. The molecule has 2 rings (SSSR count). The average Bonchev–Trinajstić information content (AvgIpc) is 3.04. The number of nitrogens with one attached hydrogen (secondary N) is 1. The number of carbonyl (C=O) groups is 2. The first-order chi connectivity index (χ1) is 12.1. The third kappa shape index (κ3) is 4.87. The van der Waals surface area contributed by atoms with Gasteiger partial charge in [0.05, 0.1) is 10.6 Å². The summed E-state index contributed by atoms with van der Waals surface area (Å²) in [5.41, 5.74) is 0.0518. The molecule has 1 amide bonds. The Labute approximate surface area is 154 Å². The van der Waals surface area contributed by atoms with Gasteiger partial charge in [-0.2, -0.15) is 0 Å². The Morgan fingerprint density at radius 2 is 2.00 bits per heavy atom. The minimum absolute atomic E-state index is 0.176. The van der Waals surface area contributed by atoms with Gasteiger partial charge >= 0.3 is 5.97 Å². The number of amides is 1. The highest BCUT2D eigenvalue weighted by Crippen LogP contribution is 2.27. The number of nitro groups is 1. The van der Waals surface area contributed by atoms with Gasteiger partial charge in [0.1, 0.15) is 0 Å². The van der Waals surface area contributed by atoms with E-state index < -0.39 is 44.3 Å². The van der Waals surface area contributed by atoms with Crippen molar-refractivity contribution in [3.05, 3.63) is 50.7 Å². The largest absolute Gasteiger partial charge is 0.450 e. The predicted octanol–water partition coefficient (Wildman–Crippen LogP) is 1.39. The second kappa shape index (κ2) is 7.63. The van der Waals surface area contributed by atoms with Gasteiger partial charge < -0.3 is 14.5 Å². The molecule has 0 radical (unpaired) electrons. The number of halogens is 1. The minimum atomic E-state index is -4.11. The van der Waals surface area contributed by atoms with Crippen molar-refractivity contribution in [3.63, 3.8) is 0 Å². The van der Waals surface area contributed by atoms with Crippen LogP contribution in [0.15, 0.2) is 44.3 Å². The Bertz CT molecular complexity index is 985. The summed E-state index contributed by atoms with van der Waals surface area (Å²) in [5, 5.41) is 17.2. The molecule has 0 unspecified atom stereocenters. The van der Waals surface area contributed by atoms with Gasteiger partial charge in [-0.25, -0.2) is 18.4 Å². The second-order valence-electron chi connectivity index (χ2n) is 4.71. The number of esters is 1. The van der Waals surface area contributed by atoms with Gasteiger partial charge in [-0.3, -0.25) is 14.9 Å². The molecule has 0 aliphatic rings. The lowest BCUT2D eigenvalue weighted by Gasteiger charge is -2.07. The number of hydrogen-bond donors (Lipinski definition) is 2. The molecule has 0 aliphatic heterocycles. The Hall–Kier alpha value is -2.77. The zero-order chi connectivity index (χ0) is 19.5. The van der Waals surface area contributed by atoms with Gasteiger partial charge in [-0.15, -0.1) is 0 Å². The smallest absolute Gasteiger partial charge is 0.374 e. The normalized spacial score (nSPS) is 11.0. The van der Waals surface area contributed by atoms with E-state index in [2.05, 4.69) is 26.0 Å². The van der Waals surface area contributed by atoms with Crippen molar-refractivity contribution in [2.24, 2.45) is 5.14 Å². The third-order valence-corrected chi connectivity index (χ3v) is 4.27. The fraction of sp³-hybridized carbons (Fsp3) is 0.0769. The number of primary sulfonamides is 1. The number of anilines is 1. The number of nitro benzene ring substituents is 1. The maximum atomic E-state index is 11.8. The van der Waals surface area contributed by atoms with E-state index in [4.69, 9.17) is 9.56 Å². The van der Waals surface area contributed by atoms with E-state index in [1.807, 2.05) is 0 Å². The first-order valence-electron chi connectivity index (χ1n) is 6.61. The quantitative estimate of drug-likeness (QED) is 0.379. The molecule has 13 heteroatoms. The number of benzene rings is 1. The molecule has 0 saturated heterocycles. The number of furan rings is 1. The average molecular weight is 448 g/mol. The maximum Gasteiger partial charge on any atom is 0.374 e. The van der Waals surface area contributed by atoms with Crippen LogP contribution >= 0.6 is 15.9 Å². The molecule has 0 atom stereocenters. The molecule has 0 spiro atoms. The molecule has 1 aromatic carbocycles. The highest BCUT2D eigenvalue weighted by atomic mass is 79.9. The van der Waals surface area contributed by atoms with Crippen molar-refractivity contribution in [3.8, 4) is 0 Å². The monoisotopic (exact) mass is 447 g/mol. The topological polar surface area (TPSA) is 172 Å². The van der Waals surface area contributed by atoms with Gasteiger partial charge in [0, 0.05) is 16.6 Å². The van der Waals surface area contributed by atoms with Gasteiger partial charge in [0.2, 0.25) is 10.9 Å². The predicted molar refractivity (Wildman–Crippen MR) is 89.8 cm³/mol. The Morgan fingerprint density at radius 3 is 2.54 bits per heavy atom. The summed E-state index contributed by atoms with van der Waals surface area (Å²) in [6.07, 6.45) is 0. The van der Waals surface area contributed by atoms with Crippen LogP contribution in [0.5, 0.6) is 0 Å². The van der Waals surface area contributed by atoms with Gasteiger partial charge in [0.25, 0.3) is 21.6 Å². The number of rotatable bonds is 6. The van der Waals surface area contributed by atoms with Crippen molar-refractivity contribution in [2.75, 3.05) is 11.9 Å². The second-order valence-corrected chi connectivity index (χ2v) is 7.06. The maximum absolute atomic E-state index is 11.8. The first-order valence-corrected chi connectivity index (χ1v) is 8.95. The van der Waals surface area contributed by atoms with Crippen LogP contribution in [0, 0.1) is 10.1 Å². The van der Waals surface area contributed by atoms with Crippen molar-refractivity contribution in [1.82, 2.24) is 0 Å². The van der Waals surface area contributed by atoms with Crippen LogP contribution in [0.4, 0.5) is 11.4 Å². The number of nitrogens with zero attached hydrogens (tertiary/aromatic N) is 1. The van der Waals surface area contributed by atoms with E-state index in [1.54, 1.807) is 0 Å². The molecule has 1 aromatic heterocycles. The summed E-state index contributed by atoms with van der Waals surface area (Å²) in [4.78, 5) is 33.6. The van der Waals surface area contributed by atoms with E-state index in [9.17, 15) is 28.1 Å². The van der Waals surface area contributed by atoms with Crippen LogP contribution in [0.25, 0.3) is 0 Å². The molecule has 0 bridgehead atoms. The van der Waals surface area contributed by atoms with Crippen LogP contribution in [-0.2, 0) is 19.6 Å². The molecule has 2 aromatic rings. The van der Waals surface area contributed by atoms with Gasteiger partial charge in [-0.05, 0) is 34.1 Å². The minimum Gasteiger partial charge on any atom is -0.450 e. The summed E-state index contributed by atoms with van der Waals surface area (Å²) in [7, 11) is -4.11. The van der Waals surface area contributed by atoms with E-state index in [1.165, 1.54) is 18.2 Å². The summed E-state index contributed by atoms with van der Waals surface area (Å²) < 4.78 is 31.8. The summed E-state index contributed by atoms with van der Waals surface area (Å²) in [6, 6.07) is 5.68. The number of non-ortho nitro benzene ring substituents is 1. The van der Waals surface area contributed by atoms with E-state index >= 15 is 0 Å². The highest BCUT2D eigenvalue weighted by molar-refractivity contribution is 9.10. The van der Waals surface area contributed by atoms with Crippen molar-refractivity contribution >= 4 is 49.2 Å². The Morgan fingerprint density at radius 1 is 1.31 bits per heavy atom. The standard InChI is InChI=1S/C13H10BrN3O8S/c14-8-5-7(17(20)21)1-2-9(8)16-11(18)6-24-13(19)10-3-4-12(25-10)26(15,22)23/h1-5H,6H2,(H,16,18)(H2,15,22,23). The zero-order valence-corrected chi connectivity index (χ0v) is 15.1. The van der Waals surface area contributed by atoms with Crippen molar-refractivity contribution < 1.29 is 32.1 Å². The molecular formula is C13H10BrN3O8S. The van der Waals surface area contributed by atoms with Crippen LogP contribution < -0.4 is 10.5 Å². The third-order valence-electron chi connectivity index (χ3n) is 2.83. The van der Waals surface area contributed by atoms with Crippen molar-refractivity contribution in [1.29, 1.82) is 0 Å². The fourth-order valence-electron chi connectivity index (χ4n) is 1.69. The van der Waals surface area contributed by atoms with E-state index in [-0.39, 0.29) is 15.8 Å². The van der Waals surface area contributed by atoms with Gasteiger partial charge in [0.15, 0.2) is 6.61 Å². The lowest BCUT2D eigenvalue weighted by molar-refractivity contribution is -0.384. The zero-order valence-electron chi connectivity index (χ0n) is 12.7. The van der Waals surface area contributed by atoms with Gasteiger partial charge in [-0.1, -0.05) is 0 Å². The van der Waals surface area contributed by atoms with Crippen molar-refractivity contribution in [2.45, 2.75) is 5.09 Å². The van der Waals surface area contributed by atoms with E-state index in [0.717, 1.165) is 12.1 Å². The number of sulfonamides is 1. The number of carbonyl (C=O) groups excluding carboxylic acids is 2. The van der Waals surface area contributed by atoms with Crippen LogP contribution in [-0.4, -0.2) is 31.8 Å². The summed E-state index contributed by atoms with van der Waals surface area (Å²) in [5.74, 6) is -2.25. The summed E-state index contributed by atoms with van der Waals surface area (Å²) in [6.45, 7) is -0.701. The molecule has 138 valence electrons. The summed E-state index contributed by atoms with van der Waals surface area (Å²) >= 11 is 3.07. The molecule has 0 fully saturated rings. The Kier molecular flexibility index (Phi) is 5.74. The first kappa shape index (κ1) is 19.6. The SMILES string of the molecule is NS(=O)(=O)c1ccc(C(=O)OCC(=O)Nc2ccc([N+](=O)[O-])cc2Br)o1. The van der Waals surface area contributed by atoms with E-state index in [0.29, 0.717) is 0 Å². The molecule has 0 aliphatic carbocycles. The molecule has 26 heavy (non-hydrogen) atoms. The molecule has 1 heterocycles. The lowest BCUT2D eigenvalue weighted by atomic mass is 10.3. The number of nitrogens with two attached hydrogens (primary N) is 1. The highest BCUT2D eigenvalue weighted by Gasteiger charge is 2.19. The van der Waals surface area contributed by atoms with Crippen LogP contribution in [0.1, 0.15) is 10.6 Å². The lowest BCUT2D eigenvalue weighted by Crippen LogP contribution is -2.21. The molecular weight excluding hydrogens is 438 g/mol. The Balaban J connectivity index is 1.95. The van der Waals surface area contributed by atoms with Crippen LogP contribution in [0.3, 0.4) is 0 Å².